The van der Waals surface area contributed by atoms with Crippen LogP contribution in [0, 0.1) is 0 Å². The lowest BCUT2D eigenvalue weighted by Gasteiger charge is -2.26. The highest BCUT2D eigenvalue weighted by atomic mass is 32.2. The molecule has 0 aromatic heterocycles. The van der Waals surface area contributed by atoms with Crippen LogP contribution in [0.3, 0.4) is 0 Å². The number of fused-ring (bicyclic) bond motifs is 1. The second-order valence-electron chi connectivity index (χ2n) is 6.46. The first-order valence-corrected chi connectivity index (χ1v) is 9.32. The summed E-state index contributed by atoms with van der Waals surface area (Å²) in [5.41, 5.74) is 0.459. The Bertz CT molecular complexity index is 816. The van der Waals surface area contributed by atoms with Gasteiger partial charge < -0.3 is 9.47 Å². The standard InChI is InChI=1S/C18H21NO4S/c1-18(2,13-14-6-4-3-5-7-14)19-24(20,21)15-8-9-16-17(12-15)23-11-10-22-16/h3-9,12,19H,10-11,13H2,1-2H3. The van der Waals surface area contributed by atoms with Crippen LogP contribution in [0.2, 0.25) is 0 Å². The molecule has 0 radical (unpaired) electrons. The topological polar surface area (TPSA) is 64.6 Å². The third kappa shape index (κ3) is 3.88. The summed E-state index contributed by atoms with van der Waals surface area (Å²) in [6.07, 6.45) is 0.595. The van der Waals surface area contributed by atoms with Gasteiger partial charge in [0.25, 0.3) is 0 Å². The van der Waals surface area contributed by atoms with Crippen LogP contribution in [0.15, 0.2) is 53.4 Å². The number of hydrogen-bond acceptors (Lipinski definition) is 4. The van der Waals surface area contributed by atoms with Crippen LogP contribution in [0.25, 0.3) is 0 Å². The minimum Gasteiger partial charge on any atom is -0.486 e. The van der Waals surface area contributed by atoms with Crippen LogP contribution in [0.1, 0.15) is 19.4 Å². The minimum absolute atomic E-state index is 0.174. The molecule has 0 aliphatic carbocycles. The number of ether oxygens (including phenoxy) is 2. The predicted molar refractivity (Wildman–Crippen MR) is 92.0 cm³/mol. The fourth-order valence-electron chi connectivity index (χ4n) is 2.76. The first-order chi connectivity index (χ1) is 11.4. The Balaban J connectivity index is 1.80. The molecule has 0 saturated heterocycles. The van der Waals surface area contributed by atoms with Gasteiger partial charge in [-0.3, -0.25) is 0 Å². The van der Waals surface area contributed by atoms with Crippen molar-refractivity contribution in [2.75, 3.05) is 13.2 Å². The largest absolute Gasteiger partial charge is 0.486 e. The van der Waals surface area contributed by atoms with Gasteiger partial charge in [0.1, 0.15) is 13.2 Å². The molecule has 0 unspecified atom stereocenters. The van der Waals surface area contributed by atoms with Crippen molar-refractivity contribution >= 4 is 10.0 Å². The van der Waals surface area contributed by atoms with Gasteiger partial charge in [-0.05, 0) is 38.0 Å². The predicted octanol–water partition coefficient (Wildman–Crippen LogP) is 2.76. The van der Waals surface area contributed by atoms with Crippen molar-refractivity contribution in [1.82, 2.24) is 4.72 Å². The summed E-state index contributed by atoms with van der Waals surface area (Å²) < 4.78 is 39.1. The van der Waals surface area contributed by atoms with E-state index in [0.29, 0.717) is 31.1 Å². The van der Waals surface area contributed by atoms with Gasteiger partial charge in [-0.15, -0.1) is 0 Å². The Hall–Kier alpha value is -2.05. The number of sulfonamides is 1. The van der Waals surface area contributed by atoms with Crippen molar-refractivity contribution in [2.24, 2.45) is 0 Å². The van der Waals surface area contributed by atoms with E-state index in [1.807, 2.05) is 44.2 Å². The Kier molecular flexibility index (Phi) is 4.51. The lowest BCUT2D eigenvalue weighted by Crippen LogP contribution is -2.45. The highest BCUT2D eigenvalue weighted by Gasteiger charge is 2.27. The maximum absolute atomic E-state index is 12.7. The molecule has 1 aliphatic rings. The lowest BCUT2D eigenvalue weighted by molar-refractivity contribution is 0.171. The lowest BCUT2D eigenvalue weighted by atomic mass is 9.96. The Morgan fingerprint density at radius 2 is 1.67 bits per heavy atom. The molecular weight excluding hydrogens is 326 g/mol. The summed E-state index contributed by atoms with van der Waals surface area (Å²) in [5.74, 6) is 1.04. The Morgan fingerprint density at radius 1 is 1.00 bits per heavy atom. The van der Waals surface area contributed by atoms with Crippen LogP contribution in [-0.2, 0) is 16.4 Å². The molecule has 1 aliphatic heterocycles. The van der Waals surface area contributed by atoms with E-state index in [2.05, 4.69) is 4.72 Å². The van der Waals surface area contributed by atoms with Crippen LogP contribution in [0.4, 0.5) is 0 Å². The highest BCUT2D eigenvalue weighted by Crippen LogP contribution is 2.32. The summed E-state index contributed by atoms with van der Waals surface area (Å²) in [7, 11) is -3.66. The molecule has 2 aromatic carbocycles. The molecule has 1 heterocycles. The molecule has 3 rings (SSSR count). The average molecular weight is 347 g/mol. The van der Waals surface area contributed by atoms with E-state index >= 15 is 0 Å². The SMILES string of the molecule is CC(C)(Cc1ccccc1)NS(=O)(=O)c1ccc2c(c1)OCCO2. The van der Waals surface area contributed by atoms with Gasteiger partial charge in [-0.1, -0.05) is 30.3 Å². The molecule has 0 spiro atoms. The smallest absolute Gasteiger partial charge is 0.241 e. The summed E-state index contributed by atoms with van der Waals surface area (Å²) in [4.78, 5) is 0.174. The maximum atomic E-state index is 12.7. The van der Waals surface area contributed by atoms with E-state index < -0.39 is 15.6 Å². The number of hydrogen-bond donors (Lipinski definition) is 1. The van der Waals surface area contributed by atoms with Gasteiger partial charge in [0.05, 0.1) is 4.90 Å². The second kappa shape index (κ2) is 6.45. The summed E-state index contributed by atoms with van der Waals surface area (Å²) in [6.45, 7) is 4.63. The molecule has 1 N–H and O–H groups in total. The molecule has 0 atom stereocenters. The van der Waals surface area contributed by atoms with Crippen LogP contribution >= 0.6 is 0 Å². The third-order valence-electron chi connectivity index (χ3n) is 3.72. The molecule has 2 aromatic rings. The third-order valence-corrected chi connectivity index (χ3v) is 5.42. The van der Waals surface area contributed by atoms with Crippen molar-refractivity contribution in [3.63, 3.8) is 0 Å². The van der Waals surface area contributed by atoms with Crippen molar-refractivity contribution in [3.05, 3.63) is 54.1 Å². The summed E-state index contributed by atoms with van der Waals surface area (Å²) in [6, 6.07) is 14.5. The van der Waals surface area contributed by atoms with Crippen molar-refractivity contribution < 1.29 is 17.9 Å². The van der Waals surface area contributed by atoms with E-state index in [1.54, 1.807) is 6.07 Å². The van der Waals surface area contributed by atoms with Crippen molar-refractivity contribution in [3.8, 4) is 11.5 Å². The molecule has 24 heavy (non-hydrogen) atoms. The minimum atomic E-state index is -3.66. The molecule has 5 nitrogen and oxygen atoms in total. The quantitative estimate of drug-likeness (QED) is 0.903. The number of benzene rings is 2. The van der Waals surface area contributed by atoms with Crippen molar-refractivity contribution in [2.45, 2.75) is 30.7 Å². The van der Waals surface area contributed by atoms with Crippen LogP contribution in [-0.4, -0.2) is 27.2 Å². The van der Waals surface area contributed by atoms with Gasteiger partial charge in [0.2, 0.25) is 10.0 Å². The Labute approximate surface area is 142 Å². The zero-order valence-electron chi connectivity index (χ0n) is 13.8. The molecule has 128 valence electrons. The van der Waals surface area contributed by atoms with E-state index in [1.165, 1.54) is 12.1 Å². The Morgan fingerprint density at radius 3 is 2.38 bits per heavy atom. The fraction of sp³-hybridized carbons (Fsp3) is 0.333. The molecule has 6 heteroatoms. The molecule has 0 fully saturated rings. The molecular formula is C18H21NO4S. The monoisotopic (exact) mass is 347 g/mol. The van der Waals surface area contributed by atoms with Crippen LogP contribution < -0.4 is 14.2 Å². The highest BCUT2D eigenvalue weighted by molar-refractivity contribution is 7.89. The summed E-state index contributed by atoms with van der Waals surface area (Å²) >= 11 is 0. The number of rotatable bonds is 5. The zero-order chi connectivity index (χ0) is 17.2. The first kappa shape index (κ1) is 16.8. The first-order valence-electron chi connectivity index (χ1n) is 7.83. The summed E-state index contributed by atoms with van der Waals surface area (Å²) in [5, 5.41) is 0. The van der Waals surface area contributed by atoms with E-state index in [-0.39, 0.29) is 4.90 Å². The van der Waals surface area contributed by atoms with Gasteiger partial charge >= 0.3 is 0 Å². The van der Waals surface area contributed by atoms with Crippen molar-refractivity contribution in [1.29, 1.82) is 0 Å². The maximum Gasteiger partial charge on any atom is 0.241 e. The van der Waals surface area contributed by atoms with Gasteiger partial charge in [0.15, 0.2) is 11.5 Å². The molecule has 0 saturated carbocycles. The second-order valence-corrected chi connectivity index (χ2v) is 8.14. The average Bonchev–Trinajstić information content (AvgIpc) is 2.54. The van der Waals surface area contributed by atoms with E-state index in [9.17, 15) is 8.42 Å². The van der Waals surface area contributed by atoms with Gasteiger partial charge in [0, 0.05) is 11.6 Å². The molecule has 0 amide bonds. The van der Waals surface area contributed by atoms with Gasteiger partial charge in [-0.25, -0.2) is 13.1 Å². The van der Waals surface area contributed by atoms with E-state index in [4.69, 9.17) is 9.47 Å². The van der Waals surface area contributed by atoms with E-state index in [0.717, 1.165) is 5.56 Å². The normalized spacial score (nSPS) is 14.4. The fourth-order valence-corrected chi connectivity index (χ4v) is 4.18. The van der Waals surface area contributed by atoms with Gasteiger partial charge in [-0.2, -0.15) is 0 Å². The van der Waals surface area contributed by atoms with Crippen LogP contribution in [0.5, 0.6) is 11.5 Å². The zero-order valence-corrected chi connectivity index (χ0v) is 14.6. The molecule has 0 bridgehead atoms. The number of nitrogens with one attached hydrogen (secondary N) is 1.